The van der Waals surface area contributed by atoms with Crippen LogP contribution in [0.15, 0.2) is 54.6 Å². The van der Waals surface area contributed by atoms with Crippen LogP contribution in [-0.4, -0.2) is 24.9 Å². The summed E-state index contributed by atoms with van der Waals surface area (Å²) in [6.45, 7) is 2.32. The predicted octanol–water partition coefficient (Wildman–Crippen LogP) is 5.10. The number of benzene rings is 3. The van der Waals surface area contributed by atoms with E-state index in [1.165, 1.54) is 31.2 Å². The van der Waals surface area contributed by atoms with E-state index in [0.29, 0.717) is 24.7 Å². The van der Waals surface area contributed by atoms with Gasteiger partial charge in [0.2, 0.25) is 5.91 Å². The molecule has 11 heteroatoms. The van der Waals surface area contributed by atoms with Crippen molar-refractivity contribution >= 4 is 17.5 Å². The van der Waals surface area contributed by atoms with Crippen molar-refractivity contribution in [3.05, 3.63) is 88.5 Å². The molecule has 3 aromatic rings. The monoisotopic (exact) mass is 505 g/mol. The summed E-state index contributed by atoms with van der Waals surface area (Å²) in [5.41, 5.74) is -1.15. The zero-order chi connectivity index (χ0) is 26.0. The third-order valence-corrected chi connectivity index (χ3v) is 5.51. The van der Waals surface area contributed by atoms with Crippen molar-refractivity contribution in [2.45, 2.75) is 19.1 Å². The van der Waals surface area contributed by atoms with Gasteiger partial charge in [-0.05, 0) is 67.1 Å². The molecule has 1 atom stereocenters. The molecule has 2 amide bonds. The van der Waals surface area contributed by atoms with Crippen LogP contribution in [0.3, 0.4) is 0 Å². The van der Waals surface area contributed by atoms with Gasteiger partial charge in [0.15, 0.2) is 0 Å². The van der Waals surface area contributed by atoms with Gasteiger partial charge in [0.1, 0.15) is 29.2 Å². The number of carbonyl (C=O) groups excluding carboxylic acids is 2. The van der Waals surface area contributed by atoms with Crippen LogP contribution in [-0.2, 0) is 11.0 Å². The number of anilines is 1. The van der Waals surface area contributed by atoms with Crippen molar-refractivity contribution in [1.82, 2.24) is 10.6 Å². The van der Waals surface area contributed by atoms with E-state index in [9.17, 15) is 31.5 Å². The zero-order valence-corrected chi connectivity index (χ0v) is 18.8. The standard InChI is InChI=1S/C25H20F5N3O3/c1-13-10-15(26)3-7-20(13)36-21-6-2-14(25(28,29)30)11-18(21)23(34)33-16-4-5-19(27)17(12-16)22-24(35)32-9-8-31-22/h2-7,10-12,22,31H,8-9H2,1H3,(H,32,35)(H,33,34). The Balaban J connectivity index is 1.67. The minimum atomic E-state index is -4.73. The fourth-order valence-corrected chi connectivity index (χ4v) is 3.71. The minimum absolute atomic E-state index is 0.0348. The Kier molecular flexibility index (Phi) is 6.93. The van der Waals surface area contributed by atoms with Gasteiger partial charge in [0.05, 0.1) is 11.1 Å². The Labute approximate surface area is 202 Å². The van der Waals surface area contributed by atoms with Gasteiger partial charge in [-0.25, -0.2) is 8.78 Å². The number of halogens is 5. The van der Waals surface area contributed by atoms with Crippen LogP contribution in [0.1, 0.15) is 33.1 Å². The molecule has 6 nitrogen and oxygen atoms in total. The van der Waals surface area contributed by atoms with Crippen molar-refractivity contribution < 1.29 is 36.3 Å². The molecule has 36 heavy (non-hydrogen) atoms. The Hall–Kier alpha value is -3.99. The number of alkyl halides is 3. The summed E-state index contributed by atoms with van der Waals surface area (Å²) in [6, 6.07) is 8.45. The fourth-order valence-electron chi connectivity index (χ4n) is 3.71. The van der Waals surface area contributed by atoms with Gasteiger partial charge in [0, 0.05) is 24.3 Å². The third-order valence-electron chi connectivity index (χ3n) is 5.51. The zero-order valence-electron chi connectivity index (χ0n) is 18.8. The lowest BCUT2D eigenvalue weighted by Crippen LogP contribution is -2.47. The predicted molar refractivity (Wildman–Crippen MR) is 121 cm³/mol. The molecule has 1 saturated heterocycles. The van der Waals surface area contributed by atoms with Crippen molar-refractivity contribution in [2.75, 3.05) is 18.4 Å². The van der Waals surface area contributed by atoms with Crippen LogP contribution in [0.5, 0.6) is 11.5 Å². The summed E-state index contributed by atoms with van der Waals surface area (Å²) in [4.78, 5) is 25.2. The molecule has 0 aromatic heterocycles. The number of amides is 2. The van der Waals surface area contributed by atoms with E-state index in [2.05, 4.69) is 16.0 Å². The smallest absolute Gasteiger partial charge is 0.416 e. The molecule has 4 rings (SSSR count). The van der Waals surface area contributed by atoms with Crippen LogP contribution < -0.4 is 20.7 Å². The van der Waals surface area contributed by atoms with Crippen molar-refractivity contribution in [3.63, 3.8) is 0 Å². The second-order valence-electron chi connectivity index (χ2n) is 8.09. The highest BCUT2D eigenvalue weighted by Gasteiger charge is 2.32. The van der Waals surface area contributed by atoms with Gasteiger partial charge in [-0.3, -0.25) is 9.59 Å². The fraction of sp³-hybridized carbons (Fsp3) is 0.200. The first-order valence-corrected chi connectivity index (χ1v) is 10.8. The molecule has 1 fully saturated rings. The van der Waals surface area contributed by atoms with Crippen molar-refractivity contribution in [2.24, 2.45) is 0 Å². The summed E-state index contributed by atoms with van der Waals surface area (Å²) >= 11 is 0. The van der Waals surface area contributed by atoms with E-state index in [4.69, 9.17) is 4.74 Å². The maximum absolute atomic E-state index is 14.4. The molecule has 1 unspecified atom stereocenters. The molecular formula is C25H20F5N3O3. The number of piperazine rings is 1. The van der Waals surface area contributed by atoms with Gasteiger partial charge < -0.3 is 20.7 Å². The lowest BCUT2D eigenvalue weighted by atomic mass is 10.0. The molecule has 1 heterocycles. The summed E-state index contributed by atoms with van der Waals surface area (Å²) in [6.07, 6.45) is -4.73. The Morgan fingerprint density at radius 1 is 1.00 bits per heavy atom. The average Bonchev–Trinajstić information content (AvgIpc) is 2.82. The molecule has 1 aliphatic rings. The SMILES string of the molecule is Cc1cc(F)ccc1Oc1ccc(C(F)(F)F)cc1C(=O)Nc1ccc(F)c(C2NCCNC2=O)c1. The average molecular weight is 505 g/mol. The van der Waals surface area contributed by atoms with Crippen LogP contribution in [0.25, 0.3) is 0 Å². The highest BCUT2D eigenvalue weighted by atomic mass is 19.4. The molecule has 3 aromatic carbocycles. The number of carbonyl (C=O) groups is 2. The maximum Gasteiger partial charge on any atom is 0.416 e. The van der Waals surface area contributed by atoms with E-state index in [-0.39, 0.29) is 22.7 Å². The van der Waals surface area contributed by atoms with E-state index in [1.54, 1.807) is 0 Å². The van der Waals surface area contributed by atoms with E-state index >= 15 is 0 Å². The first kappa shape index (κ1) is 25.1. The van der Waals surface area contributed by atoms with Crippen LogP contribution in [0.4, 0.5) is 27.6 Å². The molecule has 0 saturated carbocycles. The summed E-state index contributed by atoms with van der Waals surface area (Å²) in [5.74, 6) is -2.70. The number of rotatable bonds is 5. The summed E-state index contributed by atoms with van der Waals surface area (Å²) < 4.78 is 73.6. The van der Waals surface area contributed by atoms with Gasteiger partial charge in [-0.2, -0.15) is 13.2 Å². The normalized spacial score (nSPS) is 15.8. The highest BCUT2D eigenvalue weighted by molar-refractivity contribution is 6.06. The van der Waals surface area contributed by atoms with E-state index in [0.717, 1.165) is 24.3 Å². The van der Waals surface area contributed by atoms with Gasteiger partial charge in [-0.15, -0.1) is 0 Å². The quantitative estimate of drug-likeness (QED) is 0.422. The molecule has 0 spiro atoms. The second-order valence-corrected chi connectivity index (χ2v) is 8.09. The lowest BCUT2D eigenvalue weighted by molar-refractivity contribution is -0.137. The van der Waals surface area contributed by atoms with E-state index < -0.39 is 46.8 Å². The Morgan fingerprint density at radius 3 is 2.44 bits per heavy atom. The highest BCUT2D eigenvalue weighted by Crippen LogP contribution is 2.35. The number of hydrogen-bond acceptors (Lipinski definition) is 4. The second kappa shape index (κ2) is 9.94. The summed E-state index contributed by atoms with van der Waals surface area (Å²) in [7, 11) is 0. The molecule has 0 aliphatic carbocycles. The number of ether oxygens (including phenoxy) is 1. The topological polar surface area (TPSA) is 79.5 Å². The van der Waals surface area contributed by atoms with Crippen LogP contribution in [0, 0.1) is 18.6 Å². The van der Waals surface area contributed by atoms with Crippen LogP contribution >= 0.6 is 0 Å². The third kappa shape index (κ3) is 5.46. The first-order chi connectivity index (χ1) is 17.0. The minimum Gasteiger partial charge on any atom is -0.456 e. The maximum atomic E-state index is 14.4. The van der Waals surface area contributed by atoms with Gasteiger partial charge in [0.25, 0.3) is 5.91 Å². The number of hydrogen-bond donors (Lipinski definition) is 3. The first-order valence-electron chi connectivity index (χ1n) is 10.8. The number of nitrogens with one attached hydrogen (secondary N) is 3. The molecule has 188 valence electrons. The van der Waals surface area contributed by atoms with Gasteiger partial charge in [-0.1, -0.05) is 0 Å². The molecule has 0 radical (unpaired) electrons. The van der Waals surface area contributed by atoms with Crippen molar-refractivity contribution in [3.8, 4) is 11.5 Å². The van der Waals surface area contributed by atoms with Gasteiger partial charge >= 0.3 is 6.18 Å². The van der Waals surface area contributed by atoms with E-state index in [1.807, 2.05) is 0 Å². The van der Waals surface area contributed by atoms with Crippen LogP contribution in [0.2, 0.25) is 0 Å². The number of aryl methyl sites for hydroxylation is 1. The molecule has 3 N–H and O–H groups in total. The Morgan fingerprint density at radius 2 is 1.75 bits per heavy atom. The molecule has 0 bridgehead atoms. The molecule has 1 aliphatic heterocycles. The largest absolute Gasteiger partial charge is 0.456 e. The Bertz CT molecular complexity index is 1330. The molecular weight excluding hydrogens is 485 g/mol. The lowest BCUT2D eigenvalue weighted by Gasteiger charge is -2.24. The summed E-state index contributed by atoms with van der Waals surface area (Å²) in [5, 5.41) is 7.91. The van der Waals surface area contributed by atoms with Crippen molar-refractivity contribution in [1.29, 1.82) is 0 Å².